The van der Waals surface area contributed by atoms with E-state index in [1.807, 2.05) is 0 Å². The van der Waals surface area contributed by atoms with Gasteiger partial charge in [-0.2, -0.15) is 0 Å². The zero-order valence-corrected chi connectivity index (χ0v) is 12.1. The molecule has 2 N–H and O–H groups in total. The summed E-state index contributed by atoms with van der Waals surface area (Å²) in [4.78, 5) is 0. The monoisotopic (exact) mass is 239 g/mol. The lowest BCUT2D eigenvalue weighted by Gasteiger charge is -2.55. The average Bonchev–Trinajstić information content (AvgIpc) is 2.30. The molecule has 2 rings (SSSR count). The molecule has 2 heteroatoms. The molecule has 9 atom stereocenters. The molecule has 1 saturated carbocycles. The molecule has 2 aliphatic rings. The minimum atomic E-state index is -0.177. The first kappa shape index (κ1) is 13.4. The van der Waals surface area contributed by atoms with E-state index in [0.717, 1.165) is 0 Å². The molecule has 0 aromatic heterocycles. The van der Waals surface area contributed by atoms with E-state index >= 15 is 0 Å². The van der Waals surface area contributed by atoms with Gasteiger partial charge in [0.15, 0.2) is 0 Å². The standard InChI is InChI=1S/C15H29NO/c1-7-9(3)13-10(4)8(2)12(6)16-14(13)15(17)11(7)5/h7-17H,1-6H3. The number of fused-ring (bicyclic) bond motifs is 1. The number of aliphatic hydroxyl groups excluding tert-OH is 1. The lowest BCUT2D eigenvalue weighted by atomic mass is 9.57. The number of aliphatic hydroxyl groups is 1. The fourth-order valence-corrected chi connectivity index (χ4v) is 4.30. The van der Waals surface area contributed by atoms with Crippen molar-refractivity contribution in [3.05, 3.63) is 0 Å². The molecule has 1 aliphatic carbocycles. The molecule has 0 aromatic rings. The SMILES string of the molecule is CC1NC2C(O)C(C)C(C)C(C)C2C(C)C1C. The third-order valence-corrected chi connectivity index (χ3v) is 6.27. The molecule has 17 heavy (non-hydrogen) atoms. The first-order valence-corrected chi connectivity index (χ1v) is 7.30. The Balaban J connectivity index is 2.28. The number of nitrogens with one attached hydrogen (secondary N) is 1. The minimum Gasteiger partial charge on any atom is -0.391 e. The van der Waals surface area contributed by atoms with Crippen molar-refractivity contribution >= 4 is 0 Å². The fraction of sp³-hybridized carbons (Fsp3) is 1.00. The molecular weight excluding hydrogens is 210 g/mol. The van der Waals surface area contributed by atoms with Crippen LogP contribution in [0.25, 0.3) is 0 Å². The van der Waals surface area contributed by atoms with Crippen LogP contribution in [0.3, 0.4) is 0 Å². The number of hydrogen-bond donors (Lipinski definition) is 2. The van der Waals surface area contributed by atoms with Crippen LogP contribution in [0, 0.1) is 35.5 Å². The smallest absolute Gasteiger partial charge is 0.0724 e. The largest absolute Gasteiger partial charge is 0.391 e. The van der Waals surface area contributed by atoms with Gasteiger partial charge in [0, 0.05) is 12.1 Å². The van der Waals surface area contributed by atoms with Crippen molar-refractivity contribution < 1.29 is 5.11 Å². The topological polar surface area (TPSA) is 32.3 Å². The highest BCUT2D eigenvalue weighted by Gasteiger charge is 2.50. The van der Waals surface area contributed by atoms with E-state index in [1.165, 1.54) is 0 Å². The van der Waals surface area contributed by atoms with E-state index in [4.69, 9.17) is 0 Å². The van der Waals surface area contributed by atoms with Crippen molar-refractivity contribution in [3.63, 3.8) is 0 Å². The molecule has 1 saturated heterocycles. The molecule has 1 heterocycles. The van der Waals surface area contributed by atoms with Gasteiger partial charge < -0.3 is 10.4 Å². The van der Waals surface area contributed by atoms with Crippen LogP contribution in [0.5, 0.6) is 0 Å². The highest BCUT2D eigenvalue weighted by molar-refractivity contribution is 5.03. The summed E-state index contributed by atoms with van der Waals surface area (Å²) in [6.45, 7) is 13.9. The van der Waals surface area contributed by atoms with E-state index in [1.54, 1.807) is 0 Å². The predicted molar refractivity (Wildman–Crippen MR) is 71.7 cm³/mol. The molecule has 0 amide bonds. The average molecular weight is 239 g/mol. The Morgan fingerprint density at radius 1 is 0.706 bits per heavy atom. The summed E-state index contributed by atoms with van der Waals surface area (Å²) >= 11 is 0. The van der Waals surface area contributed by atoms with E-state index in [9.17, 15) is 5.11 Å². The maximum Gasteiger partial charge on any atom is 0.0724 e. The van der Waals surface area contributed by atoms with E-state index in [2.05, 4.69) is 46.9 Å². The molecule has 0 radical (unpaired) electrons. The van der Waals surface area contributed by atoms with Crippen LogP contribution in [-0.2, 0) is 0 Å². The first-order chi connectivity index (χ1) is 7.86. The van der Waals surface area contributed by atoms with Gasteiger partial charge in [0.1, 0.15) is 0 Å². The lowest BCUT2D eigenvalue weighted by Crippen LogP contribution is -2.65. The molecule has 0 bridgehead atoms. The normalized spacial score (nSPS) is 59.8. The van der Waals surface area contributed by atoms with Crippen LogP contribution in [0.1, 0.15) is 41.5 Å². The Hall–Kier alpha value is -0.0800. The van der Waals surface area contributed by atoms with Crippen molar-refractivity contribution in [2.75, 3.05) is 0 Å². The number of rotatable bonds is 0. The number of hydrogen-bond acceptors (Lipinski definition) is 2. The zero-order valence-electron chi connectivity index (χ0n) is 12.1. The van der Waals surface area contributed by atoms with Crippen LogP contribution in [0.2, 0.25) is 0 Å². The number of piperidine rings is 1. The molecule has 2 nitrogen and oxygen atoms in total. The second kappa shape index (κ2) is 4.55. The van der Waals surface area contributed by atoms with Gasteiger partial charge in [0.05, 0.1) is 6.10 Å². The second-order valence-corrected chi connectivity index (χ2v) is 6.84. The maximum atomic E-state index is 10.5. The summed E-state index contributed by atoms with van der Waals surface area (Å²) in [6.07, 6.45) is -0.177. The zero-order chi connectivity index (χ0) is 12.9. The lowest BCUT2D eigenvalue weighted by molar-refractivity contribution is -0.0911. The highest BCUT2D eigenvalue weighted by atomic mass is 16.3. The Morgan fingerprint density at radius 3 is 1.82 bits per heavy atom. The Kier molecular flexibility index (Phi) is 3.57. The second-order valence-electron chi connectivity index (χ2n) is 6.84. The van der Waals surface area contributed by atoms with Crippen molar-refractivity contribution in [3.8, 4) is 0 Å². The van der Waals surface area contributed by atoms with Crippen molar-refractivity contribution in [1.29, 1.82) is 0 Å². The van der Waals surface area contributed by atoms with Gasteiger partial charge in [-0.1, -0.05) is 34.6 Å². The predicted octanol–water partition coefficient (Wildman–Crippen LogP) is 2.52. The summed E-state index contributed by atoms with van der Waals surface area (Å²) in [5.74, 6) is 3.77. The van der Waals surface area contributed by atoms with Gasteiger partial charge in [0.25, 0.3) is 0 Å². The van der Waals surface area contributed by atoms with Gasteiger partial charge in [-0.25, -0.2) is 0 Å². The Bertz CT molecular complexity index is 276. The summed E-state index contributed by atoms with van der Waals surface area (Å²) in [7, 11) is 0. The van der Waals surface area contributed by atoms with Crippen molar-refractivity contribution in [2.24, 2.45) is 35.5 Å². The van der Waals surface area contributed by atoms with Crippen LogP contribution >= 0.6 is 0 Å². The van der Waals surface area contributed by atoms with Crippen LogP contribution in [-0.4, -0.2) is 23.3 Å². The third-order valence-electron chi connectivity index (χ3n) is 6.27. The first-order valence-electron chi connectivity index (χ1n) is 7.30. The molecule has 2 fully saturated rings. The quantitative estimate of drug-likeness (QED) is 0.681. The summed E-state index contributed by atoms with van der Waals surface area (Å²) in [6, 6.07) is 0.825. The van der Waals surface area contributed by atoms with Gasteiger partial charge in [-0.05, 0) is 42.4 Å². The Morgan fingerprint density at radius 2 is 1.24 bits per heavy atom. The summed E-state index contributed by atoms with van der Waals surface area (Å²) in [5.41, 5.74) is 0. The molecule has 0 aromatic carbocycles. The summed E-state index contributed by atoms with van der Waals surface area (Å²) in [5, 5.41) is 14.2. The molecular formula is C15H29NO. The third kappa shape index (κ3) is 1.94. The highest BCUT2D eigenvalue weighted by Crippen LogP contribution is 2.46. The molecule has 1 aliphatic heterocycles. The molecule has 100 valence electrons. The van der Waals surface area contributed by atoms with E-state index in [0.29, 0.717) is 47.6 Å². The van der Waals surface area contributed by atoms with E-state index < -0.39 is 0 Å². The van der Waals surface area contributed by atoms with Crippen molar-refractivity contribution in [2.45, 2.75) is 59.7 Å². The van der Waals surface area contributed by atoms with Gasteiger partial charge in [-0.3, -0.25) is 0 Å². The van der Waals surface area contributed by atoms with E-state index in [-0.39, 0.29) is 6.10 Å². The van der Waals surface area contributed by atoms with Crippen LogP contribution < -0.4 is 5.32 Å². The van der Waals surface area contributed by atoms with Crippen LogP contribution in [0.4, 0.5) is 0 Å². The molecule has 9 unspecified atom stereocenters. The maximum absolute atomic E-state index is 10.5. The molecule has 0 spiro atoms. The van der Waals surface area contributed by atoms with Gasteiger partial charge in [0.2, 0.25) is 0 Å². The fourth-order valence-electron chi connectivity index (χ4n) is 4.30. The Labute approximate surface area is 106 Å². The van der Waals surface area contributed by atoms with Crippen LogP contribution in [0.15, 0.2) is 0 Å². The van der Waals surface area contributed by atoms with Gasteiger partial charge >= 0.3 is 0 Å². The summed E-state index contributed by atoms with van der Waals surface area (Å²) < 4.78 is 0. The van der Waals surface area contributed by atoms with Crippen molar-refractivity contribution in [1.82, 2.24) is 5.32 Å². The van der Waals surface area contributed by atoms with Gasteiger partial charge in [-0.15, -0.1) is 0 Å². The minimum absolute atomic E-state index is 0.177.